The van der Waals surface area contributed by atoms with E-state index in [1.807, 2.05) is 22.6 Å². The number of carbonyl (C=O) groups is 1. The van der Waals surface area contributed by atoms with Crippen LogP contribution in [0.4, 0.5) is 5.82 Å². The van der Waals surface area contributed by atoms with Gasteiger partial charge in [0.1, 0.15) is 5.82 Å². The first-order valence-electron chi connectivity index (χ1n) is 9.99. The molecule has 31 heavy (non-hydrogen) atoms. The van der Waals surface area contributed by atoms with Gasteiger partial charge >= 0.3 is 0 Å². The lowest BCUT2D eigenvalue weighted by atomic mass is 10.2. The number of amides is 1. The molecular weight excluding hydrogens is 436 g/mol. The number of anilines is 1. The van der Waals surface area contributed by atoms with Gasteiger partial charge in [-0.1, -0.05) is 55.3 Å². The molecule has 0 radical (unpaired) electrons. The molecule has 3 heterocycles. The maximum absolute atomic E-state index is 13.0. The molecule has 0 aliphatic carbocycles. The average molecular weight is 457 g/mol. The Hall–Kier alpha value is -2.91. The van der Waals surface area contributed by atoms with Crippen LogP contribution in [0.5, 0.6) is 0 Å². The molecule has 1 N–H and O–H groups in total. The van der Waals surface area contributed by atoms with Crippen molar-refractivity contribution < 1.29 is 4.79 Å². The number of rotatable bonds is 8. The number of halogens is 1. The van der Waals surface area contributed by atoms with Gasteiger partial charge in [0, 0.05) is 12.7 Å². The average Bonchev–Trinajstić information content (AvgIpc) is 3.20. The molecule has 0 fully saturated rings. The molecular formula is C21H21ClN6O2S. The summed E-state index contributed by atoms with van der Waals surface area (Å²) in [5, 5.41) is 12.9. The summed E-state index contributed by atoms with van der Waals surface area (Å²) < 4.78 is 3.52. The molecule has 0 aliphatic heterocycles. The van der Waals surface area contributed by atoms with Crippen molar-refractivity contribution in [3.63, 3.8) is 0 Å². The molecule has 1 amide bonds. The predicted molar refractivity (Wildman–Crippen MR) is 123 cm³/mol. The van der Waals surface area contributed by atoms with Crippen LogP contribution < -0.4 is 10.9 Å². The van der Waals surface area contributed by atoms with E-state index in [0.717, 1.165) is 24.8 Å². The lowest BCUT2D eigenvalue weighted by molar-refractivity contribution is -0.113. The van der Waals surface area contributed by atoms with E-state index in [9.17, 15) is 9.59 Å². The van der Waals surface area contributed by atoms with Crippen LogP contribution in [-0.2, 0) is 11.3 Å². The minimum atomic E-state index is -0.225. The lowest BCUT2D eigenvalue weighted by Gasteiger charge is -2.11. The highest BCUT2D eigenvalue weighted by atomic mass is 35.5. The molecule has 0 saturated heterocycles. The standard InChI is InChI=1S/C21H21ClN6O2S/c1-2-3-6-11-27-19(30)15-7-4-5-8-16(15)28-20(27)25-26-21(28)31-13-18(29)24-17-10-9-14(22)12-23-17/h4-5,7-10,12H,2-3,6,11,13H2,1H3,(H,23,24,29). The van der Waals surface area contributed by atoms with Gasteiger partial charge in [0.05, 0.1) is 21.7 Å². The quantitative estimate of drug-likeness (QED) is 0.318. The fraction of sp³-hybridized carbons (Fsp3) is 0.286. The second kappa shape index (κ2) is 9.49. The van der Waals surface area contributed by atoms with Gasteiger partial charge in [0.2, 0.25) is 11.7 Å². The Labute approximate surface area is 187 Å². The zero-order chi connectivity index (χ0) is 21.8. The van der Waals surface area contributed by atoms with Gasteiger partial charge in [-0.2, -0.15) is 0 Å². The summed E-state index contributed by atoms with van der Waals surface area (Å²) in [6, 6.07) is 10.7. The SMILES string of the molecule is CCCCCn1c(=O)c2ccccc2n2c(SCC(=O)Nc3ccc(Cl)cn3)nnc12. The third-order valence-electron chi connectivity index (χ3n) is 4.79. The molecule has 160 valence electrons. The molecule has 0 spiro atoms. The van der Waals surface area contributed by atoms with E-state index in [1.165, 1.54) is 18.0 Å². The van der Waals surface area contributed by atoms with Crippen molar-refractivity contribution in [1.82, 2.24) is 24.1 Å². The summed E-state index contributed by atoms with van der Waals surface area (Å²) in [4.78, 5) is 29.5. The van der Waals surface area contributed by atoms with Gasteiger partial charge in [-0.05, 0) is 30.7 Å². The van der Waals surface area contributed by atoms with Crippen LogP contribution in [0, 0.1) is 0 Å². The van der Waals surface area contributed by atoms with Crippen molar-refractivity contribution in [2.75, 3.05) is 11.1 Å². The summed E-state index contributed by atoms with van der Waals surface area (Å²) in [7, 11) is 0. The molecule has 0 bridgehead atoms. The Kier molecular flexibility index (Phi) is 6.53. The lowest BCUT2D eigenvalue weighted by Crippen LogP contribution is -2.23. The maximum atomic E-state index is 13.0. The third-order valence-corrected chi connectivity index (χ3v) is 5.94. The Morgan fingerprint density at radius 3 is 2.77 bits per heavy atom. The van der Waals surface area contributed by atoms with Gasteiger partial charge in [0.25, 0.3) is 5.56 Å². The Morgan fingerprint density at radius 2 is 2.00 bits per heavy atom. The number of para-hydroxylation sites is 1. The van der Waals surface area contributed by atoms with E-state index in [-0.39, 0.29) is 17.2 Å². The monoisotopic (exact) mass is 456 g/mol. The highest BCUT2D eigenvalue weighted by molar-refractivity contribution is 7.99. The van der Waals surface area contributed by atoms with E-state index >= 15 is 0 Å². The first-order valence-corrected chi connectivity index (χ1v) is 11.4. The molecule has 10 heteroatoms. The molecule has 0 saturated carbocycles. The summed E-state index contributed by atoms with van der Waals surface area (Å²) in [5.74, 6) is 0.810. The molecule has 4 aromatic rings. The van der Waals surface area contributed by atoms with Crippen LogP contribution in [0.1, 0.15) is 26.2 Å². The van der Waals surface area contributed by atoms with Crippen LogP contribution in [0.25, 0.3) is 16.7 Å². The molecule has 4 rings (SSSR count). The van der Waals surface area contributed by atoms with Gasteiger partial charge in [0.15, 0.2) is 5.16 Å². The van der Waals surface area contributed by atoms with Crippen molar-refractivity contribution in [3.05, 3.63) is 58.0 Å². The summed E-state index contributed by atoms with van der Waals surface area (Å²) in [5.41, 5.74) is 0.649. The second-order valence-corrected chi connectivity index (χ2v) is 8.38. The van der Waals surface area contributed by atoms with Gasteiger partial charge in [-0.15, -0.1) is 10.2 Å². The van der Waals surface area contributed by atoms with E-state index in [2.05, 4.69) is 27.4 Å². The van der Waals surface area contributed by atoms with Crippen molar-refractivity contribution in [1.29, 1.82) is 0 Å². The third kappa shape index (κ3) is 4.57. The molecule has 1 aromatic carbocycles. The number of aromatic nitrogens is 5. The predicted octanol–water partition coefficient (Wildman–Crippen LogP) is 4.01. The van der Waals surface area contributed by atoms with Gasteiger partial charge < -0.3 is 5.32 Å². The van der Waals surface area contributed by atoms with E-state index in [1.54, 1.807) is 22.8 Å². The van der Waals surface area contributed by atoms with Crippen molar-refractivity contribution in [2.45, 2.75) is 37.9 Å². The number of pyridine rings is 1. The smallest absolute Gasteiger partial charge is 0.262 e. The number of hydrogen-bond acceptors (Lipinski definition) is 6. The highest BCUT2D eigenvalue weighted by Crippen LogP contribution is 2.22. The largest absolute Gasteiger partial charge is 0.310 e. The Balaban J connectivity index is 1.63. The number of nitrogens with one attached hydrogen (secondary N) is 1. The van der Waals surface area contributed by atoms with Crippen LogP contribution in [0.2, 0.25) is 5.02 Å². The zero-order valence-electron chi connectivity index (χ0n) is 16.9. The zero-order valence-corrected chi connectivity index (χ0v) is 18.5. The Morgan fingerprint density at radius 1 is 1.16 bits per heavy atom. The first-order chi connectivity index (χ1) is 15.1. The normalized spacial score (nSPS) is 11.3. The fourth-order valence-corrected chi connectivity index (χ4v) is 4.16. The summed E-state index contributed by atoms with van der Waals surface area (Å²) >= 11 is 7.08. The minimum Gasteiger partial charge on any atom is -0.310 e. The van der Waals surface area contributed by atoms with Crippen molar-refractivity contribution in [3.8, 4) is 0 Å². The Bertz CT molecular complexity index is 1290. The van der Waals surface area contributed by atoms with Crippen molar-refractivity contribution in [2.24, 2.45) is 0 Å². The topological polar surface area (TPSA) is 94.2 Å². The van der Waals surface area contributed by atoms with Crippen LogP contribution >= 0.6 is 23.4 Å². The van der Waals surface area contributed by atoms with Crippen molar-refractivity contribution >= 4 is 51.8 Å². The summed E-state index contributed by atoms with van der Waals surface area (Å²) in [6.45, 7) is 2.70. The number of hydrogen-bond donors (Lipinski definition) is 1. The molecule has 0 atom stereocenters. The van der Waals surface area contributed by atoms with Gasteiger partial charge in [-0.25, -0.2) is 4.98 Å². The minimum absolute atomic E-state index is 0.0743. The van der Waals surface area contributed by atoms with Crippen LogP contribution in [0.15, 0.2) is 52.5 Å². The number of fused-ring (bicyclic) bond motifs is 3. The number of nitrogens with zero attached hydrogens (tertiary/aromatic N) is 5. The number of unbranched alkanes of at least 4 members (excludes halogenated alkanes) is 2. The molecule has 0 unspecified atom stereocenters. The molecule has 8 nitrogen and oxygen atoms in total. The number of thioether (sulfide) groups is 1. The number of aryl methyl sites for hydroxylation is 1. The highest BCUT2D eigenvalue weighted by Gasteiger charge is 2.17. The number of carbonyl (C=O) groups excluding carboxylic acids is 1. The van der Waals surface area contributed by atoms with Crippen LogP contribution in [-0.4, -0.2) is 35.8 Å². The second-order valence-electron chi connectivity index (χ2n) is 7.00. The first kappa shape index (κ1) is 21.3. The fourth-order valence-electron chi connectivity index (χ4n) is 3.31. The molecule has 0 aliphatic rings. The van der Waals surface area contributed by atoms with E-state index < -0.39 is 0 Å². The van der Waals surface area contributed by atoms with E-state index in [0.29, 0.717) is 33.7 Å². The van der Waals surface area contributed by atoms with Gasteiger partial charge in [-0.3, -0.25) is 18.6 Å². The maximum Gasteiger partial charge on any atom is 0.262 e. The number of benzene rings is 1. The van der Waals surface area contributed by atoms with E-state index in [4.69, 9.17) is 11.6 Å². The molecule has 3 aromatic heterocycles. The summed E-state index contributed by atoms with van der Waals surface area (Å²) in [6.07, 6.45) is 4.45. The van der Waals surface area contributed by atoms with Crippen LogP contribution in [0.3, 0.4) is 0 Å².